The summed E-state index contributed by atoms with van der Waals surface area (Å²) in [6.45, 7) is 6.74. The number of fused-ring (bicyclic) bond motifs is 2. The lowest BCUT2D eigenvalue weighted by atomic mass is 10.00. The number of aromatic nitrogens is 1. The van der Waals surface area contributed by atoms with Crippen molar-refractivity contribution >= 4 is 11.7 Å². The maximum atomic E-state index is 5.72. The molecule has 0 amide bonds. The molecule has 2 bridgehead atoms. The quantitative estimate of drug-likeness (QED) is 0.497. The van der Waals surface area contributed by atoms with Crippen LogP contribution in [-0.2, 0) is 0 Å². The summed E-state index contributed by atoms with van der Waals surface area (Å²) in [6.07, 6.45) is 9.62. The number of nitrogens with two attached hydrogens (primary N) is 1. The smallest absolute Gasteiger partial charge is 0.292 e. The summed E-state index contributed by atoms with van der Waals surface area (Å²) in [5, 5.41) is 3.55. The summed E-state index contributed by atoms with van der Waals surface area (Å²) in [6, 6.07) is 2.62. The van der Waals surface area contributed by atoms with Crippen LogP contribution in [-0.4, -0.2) is 36.7 Å². The van der Waals surface area contributed by atoms with Crippen molar-refractivity contribution in [2.45, 2.75) is 12.5 Å². The standard InChI is InChI=1S/C16H21N5O/c1-2-3-4-19-16(17)22-15-6-14(8-18-9-15)21-10-12-5-13(11-21)20-7-12/h2-4,6,8-9,12-13,20H,1,5,7,10-11H2,(H2,17,19)/b4-3-. The molecule has 0 aliphatic carbocycles. The molecule has 2 saturated heterocycles. The number of anilines is 1. The SMILES string of the molecule is C=C/C=C\N=C(N)Oc1cncc(N2CC3CNC(C3)C2)c1. The van der Waals surface area contributed by atoms with E-state index in [2.05, 4.69) is 26.8 Å². The van der Waals surface area contributed by atoms with Crippen LogP contribution < -0.4 is 20.7 Å². The van der Waals surface area contributed by atoms with E-state index < -0.39 is 0 Å². The third kappa shape index (κ3) is 3.46. The Morgan fingerprint density at radius 1 is 1.50 bits per heavy atom. The van der Waals surface area contributed by atoms with Crippen molar-refractivity contribution in [3.8, 4) is 5.75 Å². The number of hydrogen-bond acceptors (Lipinski definition) is 5. The zero-order chi connectivity index (χ0) is 15.4. The second-order valence-electron chi connectivity index (χ2n) is 5.64. The normalized spacial score (nSPS) is 24.7. The number of allylic oxidation sites excluding steroid dienone is 2. The van der Waals surface area contributed by atoms with E-state index in [1.54, 1.807) is 18.3 Å². The van der Waals surface area contributed by atoms with Crippen LogP contribution in [0.2, 0.25) is 0 Å². The lowest BCUT2D eigenvalue weighted by Crippen LogP contribution is -2.41. The van der Waals surface area contributed by atoms with E-state index in [0.717, 1.165) is 31.2 Å². The highest BCUT2D eigenvalue weighted by molar-refractivity contribution is 5.75. The van der Waals surface area contributed by atoms with Crippen LogP contribution in [0.1, 0.15) is 6.42 Å². The van der Waals surface area contributed by atoms with Crippen molar-refractivity contribution in [1.29, 1.82) is 0 Å². The highest BCUT2D eigenvalue weighted by atomic mass is 16.5. The van der Waals surface area contributed by atoms with E-state index in [1.165, 1.54) is 12.6 Å². The van der Waals surface area contributed by atoms with Crippen LogP contribution in [0, 0.1) is 5.92 Å². The van der Waals surface area contributed by atoms with Gasteiger partial charge in [-0.25, -0.2) is 4.99 Å². The highest BCUT2D eigenvalue weighted by Crippen LogP contribution is 2.28. The second kappa shape index (κ2) is 6.62. The largest absolute Gasteiger partial charge is 0.424 e. The van der Waals surface area contributed by atoms with E-state index in [9.17, 15) is 0 Å². The van der Waals surface area contributed by atoms with Gasteiger partial charge in [0.25, 0.3) is 6.02 Å². The summed E-state index contributed by atoms with van der Waals surface area (Å²) in [5.41, 5.74) is 6.78. The van der Waals surface area contributed by atoms with Crippen LogP contribution >= 0.6 is 0 Å². The Kier molecular flexibility index (Phi) is 4.39. The number of ether oxygens (including phenoxy) is 1. The van der Waals surface area contributed by atoms with Gasteiger partial charge in [0.1, 0.15) is 0 Å². The molecular weight excluding hydrogens is 278 g/mol. The molecule has 1 aromatic rings. The van der Waals surface area contributed by atoms with Crippen molar-refractivity contribution < 1.29 is 4.74 Å². The first kappa shape index (κ1) is 14.6. The monoisotopic (exact) mass is 299 g/mol. The third-order valence-corrected chi connectivity index (χ3v) is 3.94. The number of nitrogens with one attached hydrogen (secondary N) is 1. The molecular formula is C16H21N5O. The Bertz CT molecular complexity index is 586. The minimum atomic E-state index is 0.0810. The number of pyridine rings is 1. The molecule has 2 unspecified atom stereocenters. The Labute approximate surface area is 130 Å². The minimum absolute atomic E-state index is 0.0810. The number of rotatable bonds is 4. The van der Waals surface area contributed by atoms with Crippen LogP contribution in [0.25, 0.3) is 0 Å². The number of nitrogens with zero attached hydrogens (tertiary/aromatic N) is 3. The number of piperidine rings is 1. The molecule has 0 saturated carbocycles. The topological polar surface area (TPSA) is 75.8 Å². The Hall–Kier alpha value is -2.34. The predicted molar refractivity (Wildman–Crippen MR) is 87.9 cm³/mol. The minimum Gasteiger partial charge on any atom is -0.424 e. The van der Waals surface area contributed by atoms with Crippen LogP contribution in [0.15, 0.2) is 48.4 Å². The molecule has 6 heteroatoms. The first-order valence-electron chi connectivity index (χ1n) is 7.46. The van der Waals surface area contributed by atoms with Gasteiger partial charge in [-0.2, -0.15) is 0 Å². The molecule has 0 spiro atoms. The van der Waals surface area contributed by atoms with E-state index >= 15 is 0 Å². The number of amidine groups is 1. The predicted octanol–water partition coefficient (Wildman–Crippen LogP) is 1.27. The van der Waals surface area contributed by atoms with Gasteiger partial charge < -0.3 is 20.7 Å². The summed E-state index contributed by atoms with van der Waals surface area (Å²) >= 11 is 0. The summed E-state index contributed by atoms with van der Waals surface area (Å²) < 4.78 is 5.50. The van der Waals surface area contributed by atoms with Gasteiger partial charge in [0, 0.05) is 37.9 Å². The van der Waals surface area contributed by atoms with E-state index in [-0.39, 0.29) is 6.02 Å². The van der Waals surface area contributed by atoms with Gasteiger partial charge >= 0.3 is 0 Å². The Morgan fingerprint density at radius 2 is 2.41 bits per heavy atom. The van der Waals surface area contributed by atoms with Crippen LogP contribution in [0.3, 0.4) is 0 Å². The van der Waals surface area contributed by atoms with Crippen molar-refractivity contribution in [2.24, 2.45) is 16.6 Å². The maximum absolute atomic E-state index is 5.72. The van der Waals surface area contributed by atoms with Crippen LogP contribution in [0.4, 0.5) is 5.69 Å². The molecule has 2 atom stereocenters. The number of aliphatic imine (C=N–C) groups is 1. The van der Waals surface area contributed by atoms with Crippen molar-refractivity contribution in [3.05, 3.63) is 43.4 Å². The molecule has 1 aromatic heterocycles. The van der Waals surface area contributed by atoms with Crippen LogP contribution in [0.5, 0.6) is 5.75 Å². The molecule has 116 valence electrons. The second-order valence-corrected chi connectivity index (χ2v) is 5.64. The van der Waals surface area contributed by atoms with Gasteiger partial charge in [0.15, 0.2) is 5.75 Å². The van der Waals surface area contributed by atoms with Gasteiger partial charge in [0.05, 0.1) is 18.1 Å². The fourth-order valence-electron chi connectivity index (χ4n) is 3.00. The fraction of sp³-hybridized carbons (Fsp3) is 0.375. The third-order valence-electron chi connectivity index (χ3n) is 3.94. The first-order valence-corrected chi connectivity index (χ1v) is 7.46. The van der Waals surface area contributed by atoms with Crippen molar-refractivity contribution in [3.63, 3.8) is 0 Å². The fourth-order valence-corrected chi connectivity index (χ4v) is 3.00. The molecule has 3 rings (SSSR count). The van der Waals surface area contributed by atoms with Gasteiger partial charge in [-0.1, -0.05) is 12.7 Å². The molecule has 3 N–H and O–H groups in total. The summed E-state index contributed by atoms with van der Waals surface area (Å²) in [5.74, 6) is 1.32. The molecule has 6 nitrogen and oxygen atoms in total. The maximum Gasteiger partial charge on any atom is 0.292 e. The summed E-state index contributed by atoms with van der Waals surface area (Å²) in [4.78, 5) is 10.6. The van der Waals surface area contributed by atoms with Gasteiger partial charge in [-0.3, -0.25) is 4.98 Å². The average Bonchev–Trinajstić information content (AvgIpc) is 2.86. The average molecular weight is 299 g/mol. The first-order chi connectivity index (χ1) is 10.7. The van der Waals surface area contributed by atoms with Gasteiger partial charge in [-0.05, 0) is 18.4 Å². The van der Waals surface area contributed by atoms with Crippen molar-refractivity contribution in [2.75, 3.05) is 24.5 Å². The van der Waals surface area contributed by atoms with Crippen molar-refractivity contribution in [1.82, 2.24) is 10.3 Å². The molecule has 0 radical (unpaired) electrons. The molecule has 2 aliphatic heterocycles. The van der Waals surface area contributed by atoms with Gasteiger partial charge in [-0.15, -0.1) is 0 Å². The lowest BCUT2D eigenvalue weighted by molar-refractivity contribution is 0.473. The number of hydrogen-bond donors (Lipinski definition) is 2. The molecule has 2 aliphatic rings. The van der Waals surface area contributed by atoms with E-state index in [0.29, 0.717) is 11.8 Å². The lowest BCUT2D eigenvalue weighted by Gasteiger charge is -2.32. The summed E-state index contributed by atoms with van der Waals surface area (Å²) in [7, 11) is 0. The molecule has 2 fully saturated rings. The Balaban J connectivity index is 1.68. The van der Waals surface area contributed by atoms with E-state index in [1.807, 2.05) is 12.3 Å². The zero-order valence-electron chi connectivity index (χ0n) is 12.5. The molecule has 0 aromatic carbocycles. The highest BCUT2D eigenvalue weighted by Gasteiger charge is 2.32. The van der Waals surface area contributed by atoms with Gasteiger partial charge in [0.2, 0.25) is 0 Å². The molecule has 3 heterocycles. The molecule has 22 heavy (non-hydrogen) atoms. The zero-order valence-corrected chi connectivity index (χ0v) is 12.5. The van der Waals surface area contributed by atoms with E-state index in [4.69, 9.17) is 10.5 Å². The Morgan fingerprint density at radius 3 is 3.23 bits per heavy atom.